The number of benzene rings is 2. The van der Waals surface area contributed by atoms with Crippen molar-refractivity contribution in [1.29, 1.82) is 0 Å². The molecule has 0 spiro atoms. The van der Waals surface area contributed by atoms with Crippen LogP contribution in [-0.4, -0.2) is 15.5 Å². The number of nitrogens with one attached hydrogen (secondary N) is 1. The Balaban J connectivity index is 1.93. The Kier molecular flexibility index (Phi) is 4.88. The summed E-state index contributed by atoms with van der Waals surface area (Å²) in [6.45, 7) is 1.30. The highest BCUT2D eigenvalue weighted by Gasteiger charge is 2.14. The van der Waals surface area contributed by atoms with Crippen LogP contribution in [0.3, 0.4) is 0 Å². The molecule has 132 valence electrons. The molecule has 2 aromatic carbocycles. The molecule has 0 aliphatic rings. The van der Waals surface area contributed by atoms with Crippen LogP contribution in [0.15, 0.2) is 59.4 Å². The average molecular weight is 355 g/mol. The number of aromatic nitrogens is 2. The van der Waals surface area contributed by atoms with Crippen LogP contribution in [0.2, 0.25) is 0 Å². The highest BCUT2D eigenvalue weighted by molar-refractivity contribution is 5.91. The number of anilines is 1. The Bertz CT molecular complexity index is 1020. The van der Waals surface area contributed by atoms with Crippen LogP contribution >= 0.6 is 0 Å². The summed E-state index contributed by atoms with van der Waals surface area (Å²) in [6.07, 6.45) is 0. The summed E-state index contributed by atoms with van der Waals surface area (Å²) in [5.41, 5.74) is 0.482. The highest BCUT2D eigenvalue weighted by Crippen LogP contribution is 2.17. The number of rotatable bonds is 4. The van der Waals surface area contributed by atoms with Gasteiger partial charge in [-0.05, 0) is 19.1 Å². The zero-order chi connectivity index (χ0) is 18.7. The van der Waals surface area contributed by atoms with E-state index >= 15 is 0 Å². The number of carbonyl (C=O) groups excluding carboxylic acids is 1. The second-order valence-electron chi connectivity index (χ2n) is 5.68. The second-order valence-corrected chi connectivity index (χ2v) is 5.68. The Morgan fingerprint density at radius 2 is 1.85 bits per heavy atom. The van der Waals surface area contributed by atoms with Gasteiger partial charge in [-0.1, -0.05) is 30.3 Å². The van der Waals surface area contributed by atoms with Crippen molar-refractivity contribution in [2.24, 2.45) is 0 Å². The first-order chi connectivity index (χ1) is 12.4. The van der Waals surface area contributed by atoms with Gasteiger partial charge in [-0.25, -0.2) is 13.8 Å². The molecule has 0 unspecified atom stereocenters. The first kappa shape index (κ1) is 17.5. The van der Waals surface area contributed by atoms with Crippen molar-refractivity contribution in [1.82, 2.24) is 9.55 Å². The van der Waals surface area contributed by atoms with Gasteiger partial charge in [-0.2, -0.15) is 0 Å². The minimum atomic E-state index is -0.766. The van der Waals surface area contributed by atoms with E-state index < -0.39 is 23.1 Å². The maximum atomic E-state index is 13.7. The van der Waals surface area contributed by atoms with Gasteiger partial charge in [0.2, 0.25) is 5.91 Å². The first-order valence-electron chi connectivity index (χ1n) is 7.83. The highest BCUT2D eigenvalue weighted by atomic mass is 19.1. The van der Waals surface area contributed by atoms with Crippen molar-refractivity contribution in [3.05, 3.63) is 82.3 Å². The Morgan fingerprint density at radius 3 is 2.58 bits per heavy atom. The zero-order valence-electron chi connectivity index (χ0n) is 13.9. The number of hydrogen-bond acceptors (Lipinski definition) is 3. The molecule has 0 bridgehead atoms. The van der Waals surface area contributed by atoms with Crippen molar-refractivity contribution in [2.45, 2.75) is 13.5 Å². The van der Waals surface area contributed by atoms with Crippen molar-refractivity contribution in [3.63, 3.8) is 0 Å². The number of aryl methyl sites for hydroxylation is 1. The van der Waals surface area contributed by atoms with Crippen LogP contribution in [0.5, 0.6) is 0 Å². The van der Waals surface area contributed by atoms with Crippen LogP contribution in [0, 0.1) is 18.6 Å². The summed E-state index contributed by atoms with van der Waals surface area (Å²) in [7, 11) is 0. The Labute approximate surface area is 147 Å². The van der Waals surface area contributed by atoms with E-state index in [1.54, 1.807) is 31.2 Å². The van der Waals surface area contributed by atoms with Crippen LogP contribution < -0.4 is 10.9 Å². The van der Waals surface area contributed by atoms with E-state index in [0.29, 0.717) is 17.1 Å². The van der Waals surface area contributed by atoms with Crippen LogP contribution in [0.25, 0.3) is 11.4 Å². The molecule has 0 radical (unpaired) electrons. The zero-order valence-corrected chi connectivity index (χ0v) is 13.9. The van der Waals surface area contributed by atoms with Gasteiger partial charge < -0.3 is 5.32 Å². The average Bonchev–Trinajstić information content (AvgIpc) is 2.61. The summed E-state index contributed by atoms with van der Waals surface area (Å²) in [5.74, 6) is -1.79. The van der Waals surface area contributed by atoms with Crippen molar-refractivity contribution >= 4 is 11.6 Å². The fraction of sp³-hybridized carbons (Fsp3) is 0.105. The lowest BCUT2D eigenvalue weighted by Crippen LogP contribution is -2.29. The number of nitrogens with zero attached hydrogens (tertiary/aromatic N) is 2. The maximum Gasteiger partial charge on any atom is 0.254 e. The molecule has 0 aliphatic heterocycles. The summed E-state index contributed by atoms with van der Waals surface area (Å²) in [4.78, 5) is 29.0. The van der Waals surface area contributed by atoms with Gasteiger partial charge in [0, 0.05) is 23.4 Å². The molecular formula is C19H15F2N3O2. The Hall–Kier alpha value is -3.35. The van der Waals surface area contributed by atoms with Gasteiger partial charge in [-0.15, -0.1) is 0 Å². The van der Waals surface area contributed by atoms with Crippen LogP contribution in [0.4, 0.5) is 14.5 Å². The molecule has 3 aromatic rings. The van der Waals surface area contributed by atoms with Gasteiger partial charge in [-0.3, -0.25) is 14.2 Å². The van der Waals surface area contributed by atoms with Gasteiger partial charge in [0.15, 0.2) is 0 Å². The predicted molar refractivity (Wildman–Crippen MR) is 93.7 cm³/mol. The van der Waals surface area contributed by atoms with Gasteiger partial charge in [0.05, 0.1) is 5.69 Å². The lowest BCUT2D eigenvalue weighted by Gasteiger charge is -2.13. The SMILES string of the molecule is Cc1cc(=O)n(CC(=O)Nc2cc(F)ccc2F)c(-c2ccccc2)n1. The summed E-state index contributed by atoms with van der Waals surface area (Å²) >= 11 is 0. The molecule has 3 rings (SSSR count). The number of halogens is 2. The Morgan fingerprint density at radius 1 is 1.12 bits per heavy atom. The molecule has 1 heterocycles. The van der Waals surface area contributed by atoms with E-state index in [9.17, 15) is 18.4 Å². The maximum absolute atomic E-state index is 13.7. The summed E-state index contributed by atoms with van der Waals surface area (Å²) < 4.78 is 28.1. The predicted octanol–water partition coefficient (Wildman–Crippen LogP) is 3.14. The molecule has 26 heavy (non-hydrogen) atoms. The number of amides is 1. The third kappa shape index (κ3) is 3.83. The lowest BCUT2D eigenvalue weighted by atomic mass is 10.2. The fourth-order valence-electron chi connectivity index (χ4n) is 2.51. The van der Waals surface area contributed by atoms with Crippen molar-refractivity contribution in [2.75, 3.05) is 5.32 Å². The summed E-state index contributed by atoms with van der Waals surface area (Å²) in [6, 6.07) is 13.0. The van der Waals surface area contributed by atoms with Gasteiger partial charge in [0.1, 0.15) is 24.0 Å². The largest absolute Gasteiger partial charge is 0.322 e. The minimum Gasteiger partial charge on any atom is -0.322 e. The van der Waals surface area contributed by atoms with E-state index in [1.807, 2.05) is 6.07 Å². The van der Waals surface area contributed by atoms with E-state index in [2.05, 4.69) is 10.3 Å². The minimum absolute atomic E-state index is 0.288. The van der Waals surface area contributed by atoms with E-state index in [0.717, 1.165) is 18.2 Å². The molecule has 1 aromatic heterocycles. The van der Waals surface area contributed by atoms with Gasteiger partial charge in [0.25, 0.3) is 5.56 Å². The number of carbonyl (C=O) groups is 1. The molecule has 0 fully saturated rings. The molecule has 0 saturated heterocycles. The topological polar surface area (TPSA) is 64.0 Å². The molecule has 0 atom stereocenters. The normalized spacial score (nSPS) is 10.6. The van der Waals surface area contributed by atoms with E-state index in [4.69, 9.17) is 0 Å². The van der Waals surface area contributed by atoms with Crippen LogP contribution in [-0.2, 0) is 11.3 Å². The van der Waals surface area contributed by atoms with E-state index in [-0.39, 0.29) is 12.2 Å². The standard InChI is InChI=1S/C19H15F2N3O2/c1-12-9-18(26)24(19(22-12)13-5-3-2-4-6-13)11-17(25)23-16-10-14(20)7-8-15(16)21/h2-10H,11H2,1H3,(H,23,25). The molecule has 1 amide bonds. The molecule has 0 saturated carbocycles. The smallest absolute Gasteiger partial charge is 0.254 e. The van der Waals surface area contributed by atoms with Crippen molar-refractivity contribution in [3.8, 4) is 11.4 Å². The lowest BCUT2D eigenvalue weighted by molar-refractivity contribution is -0.116. The van der Waals surface area contributed by atoms with Crippen LogP contribution in [0.1, 0.15) is 5.69 Å². The first-order valence-corrected chi connectivity index (χ1v) is 7.83. The quantitative estimate of drug-likeness (QED) is 0.782. The molecule has 0 aliphatic carbocycles. The summed E-state index contributed by atoms with van der Waals surface area (Å²) in [5, 5.41) is 2.28. The van der Waals surface area contributed by atoms with Gasteiger partial charge >= 0.3 is 0 Å². The molecule has 7 heteroatoms. The second kappa shape index (κ2) is 7.26. The van der Waals surface area contributed by atoms with E-state index in [1.165, 1.54) is 10.6 Å². The molecule has 5 nitrogen and oxygen atoms in total. The molecule has 1 N–H and O–H groups in total. The fourth-order valence-corrected chi connectivity index (χ4v) is 2.51. The molecular weight excluding hydrogens is 340 g/mol. The third-order valence-electron chi connectivity index (χ3n) is 3.67. The van der Waals surface area contributed by atoms with Crippen molar-refractivity contribution < 1.29 is 13.6 Å². The number of hydrogen-bond donors (Lipinski definition) is 1. The third-order valence-corrected chi connectivity index (χ3v) is 3.67. The monoisotopic (exact) mass is 355 g/mol.